The van der Waals surface area contributed by atoms with Crippen LogP contribution in [0.5, 0.6) is 5.75 Å². The van der Waals surface area contributed by atoms with E-state index in [4.69, 9.17) is 14.3 Å². The van der Waals surface area contributed by atoms with Crippen molar-refractivity contribution in [2.45, 2.75) is 46.1 Å². The van der Waals surface area contributed by atoms with Crippen LogP contribution >= 0.6 is 0 Å². The summed E-state index contributed by atoms with van der Waals surface area (Å²) in [5.41, 5.74) is 1.35. The van der Waals surface area contributed by atoms with Gasteiger partial charge in [-0.3, -0.25) is 4.79 Å². The minimum absolute atomic E-state index is 0.323. The van der Waals surface area contributed by atoms with Gasteiger partial charge in [0, 0.05) is 17.0 Å². The predicted molar refractivity (Wildman–Crippen MR) is 96.5 cm³/mol. The normalized spacial score (nSPS) is 12.0. The molecule has 0 spiro atoms. The molecular weight excluding hydrogens is 338 g/mol. The van der Waals surface area contributed by atoms with E-state index in [9.17, 15) is 14.4 Å². The second kappa shape index (κ2) is 8.51. The number of ether oxygens (including phenoxy) is 1. The molecule has 0 bridgehead atoms. The number of benzene rings is 1. The molecule has 1 atom stereocenters. The Balaban J connectivity index is 2.04. The Morgan fingerprint density at radius 2 is 2.00 bits per heavy atom. The number of fused-ring (bicyclic) bond motifs is 1. The van der Waals surface area contributed by atoms with Crippen LogP contribution in [0.2, 0.25) is 0 Å². The van der Waals surface area contributed by atoms with Crippen molar-refractivity contribution in [1.29, 1.82) is 0 Å². The van der Waals surface area contributed by atoms with Crippen molar-refractivity contribution < 1.29 is 23.8 Å². The van der Waals surface area contributed by atoms with E-state index < -0.39 is 23.5 Å². The van der Waals surface area contributed by atoms with Crippen molar-refractivity contribution in [1.82, 2.24) is 5.32 Å². The molecule has 1 aromatic carbocycles. The van der Waals surface area contributed by atoms with E-state index >= 15 is 0 Å². The van der Waals surface area contributed by atoms with Gasteiger partial charge >= 0.3 is 11.6 Å². The fraction of sp³-hybridized carbons (Fsp3) is 0.421. The van der Waals surface area contributed by atoms with E-state index in [-0.39, 0.29) is 6.61 Å². The Kier molecular flexibility index (Phi) is 6.38. The second-order valence-corrected chi connectivity index (χ2v) is 6.19. The molecule has 0 saturated heterocycles. The zero-order chi connectivity index (χ0) is 19.3. The summed E-state index contributed by atoms with van der Waals surface area (Å²) in [6, 6.07) is 4.05. The largest absolute Gasteiger partial charge is 0.484 e. The molecule has 140 valence electrons. The lowest BCUT2D eigenvalue weighted by Gasteiger charge is -2.14. The number of aliphatic carboxylic acids is 1. The molecule has 0 saturated carbocycles. The van der Waals surface area contributed by atoms with E-state index in [0.29, 0.717) is 29.7 Å². The molecule has 0 unspecified atom stereocenters. The van der Waals surface area contributed by atoms with E-state index in [1.807, 2.05) is 13.8 Å². The van der Waals surface area contributed by atoms with Gasteiger partial charge in [0.2, 0.25) is 0 Å². The topological polar surface area (TPSA) is 106 Å². The first-order chi connectivity index (χ1) is 12.3. The van der Waals surface area contributed by atoms with Crippen molar-refractivity contribution in [2.24, 2.45) is 0 Å². The Morgan fingerprint density at radius 3 is 2.65 bits per heavy atom. The van der Waals surface area contributed by atoms with E-state index in [0.717, 1.165) is 17.4 Å². The summed E-state index contributed by atoms with van der Waals surface area (Å²) in [6.45, 7) is 5.17. The number of aryl methyl sites for hydroxylation is 1. The van der Waals surface area contributed by atoms with Gasteiger partial charge in [0.15, 0.2) is 6.61 Å². The highest BCUT2D eigenvalue weighted by Gasteiger charge is 2.19. The average Bonchev–Trinajstić information content (AvgIpc) is 2.61. The summed E-state index contributed by atoms with van der Waals surface area (Å²) in [5, 5.41) is 12.4. The highest BCUT2D eigenvalue weighted by molar-refractivity contribution is 5.85. The Hall–Kier alpha value is -2.83. The molecule has 1 aromatic heterocycles. The summed E-state index contributed by atoms with van der Waals surface area (Å²) in [4.78, 5) is 34.9. The number of carboxylic acids is 1. The van der Waals surface area contributed by atoms with Gasteiger partial charge in [0.05, 0.1) is 0 Å². The molecule has 26 heavy (non-hydrogen) atoms. The van der Waals surface area contributed by atoms with Crippen molar-refractivity contribution >= 4 is 22.8 Å². The van der Waals surface area contributed by atoms with Crippen molar-refractivity contribution in [3.63, 3.8) is 0 Å². The Morgan fingerprint density at radius 1 is 1.27 bits per heavy atom. The van der Waals surface area contributed by atoms with Gasteiger partial charge < -0.3 is 19.6 Å². The summed E-state index contributed by atoms with van der Waals surface area (Å²) >= 11 is 0. The predicted octanol–water partition coefficient (Wildman–Crippen LogP) is 2.55. The molecule has 7 nitrogen and oxygen atoms in total. The molecule has 0 aliphatic rings. The van der Waals surface area contributed by atoms with Crippen molar-refractivity contribution in [3.05, 3.63) is 39.7 Å². The zero-order valence-electron chi connectivity index (χ0n) is 15.1. The monoisotopic (exact) mass is 361 g/mol. The average molecular weight is 361 g/mol. The van der Waals surface area contributed by atoms with Gasteiger partial charge in [-0.05, 0) is 38.0 Å². The molecule has 2 N–H and O–H groups in total. The van der Waals surface area contributed by atoms with Crippen LogP contribution < -0.4 is 15.7 Å². The molecule has 0 aliphatic carbocycles. The van der Waals surface area contributed by atoms with Crippen LogP contribution in [0, 0.1) is 13.8 Å². The maximum atomic E-state index is 11.9. The third kappa shape index (κ3) is 4.62. The third-order valence-corrected chi connectivity index (χ3v) is 4.28. The van der Waals surface area contributed by atoms with Crippen LogP contribution in [-0.2, 0) is 9.59 Å². The zero-order valence-corrected chi connectivity index (χ0v) is 15.1. The van der Waals surface area contributed by atoms with E-state index in [1.54, 1.807) is 25.1 Å². The van der Waals surface area contributed by atoms with Crippen LogP contribution in [0.1, 0.15) is 37.3 Å². The molecule has 7 heteroatoms. The van der Waals surface area contributed by atoms with Gasteiger partial charge in [0.1, 0.15) is 17.4 Å². The standard InChI is InChI=1S/C19H23NO6/c1-4-5-6-15(18(22)23)20-17(21)10-25-13-7-8-14-11(2)12(3)19(24)26-16(14)9-13/h7-9,15H,4-6,10H2,1-3H3,(H,20,21)(H,22,23)/t15-/m0/s1. The number of carbonyl (C=O) groups excluding carboxylic acids is 1. The molecule has 0 fully saturated rings. The SMILES string of the molecule is CCCC[C@H](NC(=O)COc1ccc2c(C)c(C)c(=O)oc2c1)C(=O)O. The molecule has 1 amide bonds. The van der Waals surface area contributed by atoms with Gasteiger partial charge in [-0.15, -0.1) is 0 Å². The number of nitrogens with one attached hydrogen (secondary N) is 1. The molecule has 0 aliphatic heterocycles. The first-order valence-electron chi connectivity index (χ1n) is 8.52. The summed E-state index contributed by atoms with van der Waals surface area (Å²) in [6.07, 6.45) is 1.93. The molecule has 0 radical (unpaired) electrons. The number of carboxylic acid groups (broad SMARTS) is 1. The van der Waals surface area contributed by atoms with Gasteiger partial charge in [-0.1, -0.05) is 19.8 Å². The molecular formula is C19H23NO6. The summed E-state index contributed by atoms with van der Waals surface area (Å²) in [5.74, 6) is -1.22. The molecule has 1 heterocycles. The first-order valence-corrected chi connectivity index (χ1v) is 8.52. The van der Waals surface area contributed by atoms with E-state index in [2.05, 4.69) is 5.32 Å². The van der Waals surface area contributed by atoms with E-state index in [1.165, 1.54) is 0 Å². The number of hydrogen-bond acceptors (Lipinski definition) is 5. The number of unbranched alkanes of at least 4 members (excludes halogenated alkanes) is 1. The summed E-state index contributed by atoms with van der Waals surface area (Å²) in [7, 11) is 0. The summed E-state index contributed by atoms with van der Waals surface area (Å²) < 4.78 is 10.7. The minimum Gasteiger partial charge on any atom is -0.484 e. The highest BCUT2D eigenvalue weighted by Crippen LogP contribution is 2.23. The Labute approximate surface area is 151 Å². The fourth-order valence-electron chi connectivity index (χ4n) is 2.57. The number of amides is 1. The highest BCUT2D eigenvalue weighted by atomic mass is 16.5. The van der Waals surface area contributed by atoms with Crippen LogP contribution in [0.4, 0.5) is 0 Å². The second-order valence-electron chi connectivity index (χ2n) is 6.19. The maximum Gasteiger partial charge on any atom is 0.339 e. The van der Waals surface area contributed by atoms with Crippen molar-refractivity contribution in [2.75, 3.05) is 6.61 Å². The minimum atomic E-state index is -1.06. The lowest BCUT2D eigenvalue weighted by Crippen LogP contribution is -2.42. The third-order valence-electron chi connectivity index (χ3n) is 4.28. The maximum absolute atomic E-state index is 11.9. The fourth-order valence-corrected chi connectivity index (χ4v) is 2.57. The first kappa shape index (κ1) is 19.5. The van der Waals surface area contributed by atoms with Crippen LogP contribution in [0.15, 0.2) is 27.4 Å². The lowest BCUT2D eigenvalue weighted by molar-refractivity contribution is -0.142. The lowest BCUT2D eigenvalue weighted by atomic mass is 10.1. The Bertz CT molecular complexity index is 870. The number of rotatable bonds is 8. The van der Waals surface area contributed by atoms with Gasteiger partial charge in [0.25, 0.3) is 5.91 Å². The quantitative estimate of drug-likeness (QED) is 0.700. The number of hydrogen-bond donors (Lipinski definition) is 2. The molecule has 2 aromatic rings. The van der Waals surface area contributed by atoms with Gasteiger partial charge in [-0.25, -0.2) is 9.59 Å². The van der Waals surface area contributed by atoms with Crippen LogP contribution in [0.3, 0.4) is 0 Å². The van der Waals surface area contributed by atoms with Gasteiger partial charge in [-0.2, -0.15) is 0 Å². The van der Waals surface area contributed by atoms with Crippen LogP contribution in [-0.4, -0.2) is 29.6 Å². The smallest absolute Gasteiger partial charge is 0.339 e. The van der Waals surface area contributed by atoms with Crippen molar-refractivity contribution in [3.8, 4) is 5.75 Å². The number of carbonyl (C=O) groups is 2. The van der Waals surface area contributed by atoms with Crippen LogP contribution in [0.25, 0.3) is 11.0 Å². The molecule has 2 rings (SSSR count).